The molecular formula is C24H29N5O. The molecule has 1 aromatic carbocycles. The Labute approximate surface area is 178 Å². The molecule has 1 unspecified atom stereocenters. The molecule has 4 rings (SSSR count). The van der Waals surface area contributed by atoms with Crippen molar-refractivity contribution in [3.8, 4) is 11.4 Å². The van der Waals surface area contributed by atoms with E-state index in [0.717, 1.165) is 55.2 Å². The summed E-state index contributed by atoms with van der Waals surface area (Å²) in [4.78, 5) is 23.5. The van der Waals surface area contributed by atoms with Gasteiger partial charge in [-0.05, 0) is 74.9 Å². The van der Waals surface area contributed by atoms with E-state index in [9.17, 15) is 4.79 Å². The van der Waals surface area contributed by atoms with Crippen LogP contribution in [0, 0.1) is 26.7 Å². The van der Waals surface area contributed by atoms with Gasteiger partial charge in [0.05, 0.1) is 0 Å². The summed E-state index contributed by atoms with van der Waals surface area (Å²) >= 11 is 0. The predicted molar refractivity (Wildman–Crippen MR) is 119 cm³/mol. The zero-order chi connectivity index (χ0) is 21.1. The van der Waals surface area contributed by atoms with E-state index < -0.39 is 0 Å². The number of aryl methyl sites for hydroxylation is 3. The number of urea groups is 1. The first kappa shape index (κ1) is 20.1. The van der Waals surface area contributed by atoms with Crippen molar-refractivity contribution in [3.63, 3.8) is 0 Å². The minimum Gasteiger partial charge on any atom is -0.328 e. The number of hydrogen-bond acceptors (Lipinski definition) is 3. The van der Waals surface area contributed by atoms with Crippen molar-refractivity contribution < 1.29 is 4.79 Å². The SMILES string of the molecule is Cc1ccc(NC(=O)N2CCCC(Cn3c(C)cnc3-c3ccncc3)C2)cc1C. The van der Waals surface area contributed by atoms with E-state index in [1.165, 1.54) is 11.1 Å². The van der Waals surface area contributed by atoms with Crippen LogP contribution >= 0.6 is 0 Å². The van der Waals surface area contributed by atoms with Gasteiger partial charge in [0.1, 0.15) is 5.82 Å². The maximum atomic E-state index is 12.9. The van der Waals surface area contributed by atoms with E-state index in [1.807, 2.05) is 41.4 Å². The smallest absolute Gasteiger partial charge is 0.321 e. The number of benzene rings is 1. The molecule has 1 saturated heterocycles. The summed E-state index contributed by atoms with van der Waals surface area (Å²) in [7, 11) is 0. The fraction of sp³-hybridized carbons (Fsp3) is 0.375. The fourth-order valence-electron chi connectivity index (χ4n) is 4.10. The van der Waals surface area contributed by atoms with E-state index in [4.69, 9.17) is 0 Å². The Morgan fingerprint density at radius 2 is 1.93 bits per heavy atom. The molecule has 0 radical (unpaired) electrons. The van der Waals surface area contributed by atoms with Gasteiger partial charge in [-0.15, -0.1) is 0 Å². The summed E-state index contributed by atoms with van der Waals surface area (Å²) < 4.78 is 2.27. The van der Waals surface area contributed by atoms with Gasteiger partial charge < -0.3 is 14.8 Å². The van der Waals surface area contributed by atoms with Gasteiger partial charge >= 0.3 is 6.03 Å². The molecule has 3 heterocycles. The number of pyridine rings is 1. The molecule has 1 N–H and O–H groups in total. The number of carbonyl (C=O) groups excluding carboxylic acids is 1. The number of aromatic nitrogens is 3. The zero-order valence-corrected chi connectivity index (χ0v) is 17.9. The second-order valence-electron chi connectivity index (χ2n) is 8.25. The molecular weight excluding hydrogens is 374 g/mol. The van der Waals surface area contributed by atoms with Gasteiger partial charge in [0.25, 0.3) is 0 Å². The second kappa shape index (κ2) is 8.69. The maximum absolute atomic E-state index is 12.9. The molecule has 2 amide bonds. The highest BCUT2D eigenvalue weighted by Gasteiger charge is 2.25. The highest BCUT2D eigenvalue weighted by molar-refractivity contribution is 5.89. The van der Waals surface area contributed by atoms with Gasteiger partial charge in [-0.1, -0.05) is 6.07 Å². The molecule has 0 bridgehead atoms. The van der Waals surface area contributed by atoms with E-state index in [1.54, 1.807) is 12.4 Å². The first-order chi connectivity index (χ1) is 14.5. The van der Waals surface area contributed by atoms with E-state index in [2.05, 4.69) is 40.6 Å². The molecule has 156 valence electrons. The largest absolute Gasteiger partial charge is 0.328 e. The predicted octanol–water partition coefficient (Wildman–Crippen LogP) is 4.81. The fourth-order valence-corrected chi connectivity index (χ4v) is 4.10. The van der Waals surface area contributed by atoms with Crippen LogP contribution in [-0.2, 0) is 6.54 Å². The van der Waals surface area contributed by atoms with Gasteiger partial charge in [0, 0.05) is 55.2 Å². The third-order valence-electron chi connectivity index (χ3n) is 6.00. The third kappa shape index (κ3) is 4.37. The number of rotatable bonds is 4. The van der Waals surface area contributed by atoms with Crippen molar-refractivity contribution in [1.82, 2.24) is 19.4 Å². The average molecular weight is 404 g/mol. The number of hydrogen-bond donors (Lipinski definition) is 1. The molecule has 1 atom stereocenters. The summed E-state index contributed by atoms with van der Waals surface area (Å²) in [5, 5.41) is 3.07. The molecule has 30 heavy (non-hydrogen) atoms. The minimum atomic E-state index is -0.0142. The van der Waals surface area contributed by atoms with Crippen LogP contribution in [0.1, 0.15) is 29.7 Å². The summed E-state index contributed by atoms with van der Waals surface area (Å²) in [6.45, 7) is 8.64. The Balaban J connectivity index is 1.44. The molecule has 0 spiro atoms. The summed E-state index contributed by atoms with van der Waals surface area (Å²) in [6, 6.07) is 10.0. The topological polar surface area (TPSA) is 63.1 Å². The lowest BCUT2D eigenvalue weighted by Gasteiger charge is -2.33. The van der Waals surface area contributed by atoms with Crippen molar-refractivity contribution in [2.45, 2.75) is 40.2 Å². The number of nitrogens with one attached hydrogen (secondary N) is 1. The van der Waals surface area contributed by atoms with E-state index in [0.29, 0.717) is 5.92 Å². The first-order valence-electron chi connectivity index (χ1n) is 10.6. The van der Waals surface area contributed by atoms with Crippen LogP contribution < -0.4 is 5.32 Å². The number of likely N-dealkylation sites (tertiary alicyclic amines) is 1. The Bertz CT molecular complexity index is 1030. The lowest BCUT2D eigenvalue weighted by molar-refractivity contribution is 0.170. The zero-order valence-electron chi connectivity index (χ0n) is 17.9. The number of nitrogens with zero attached hydrogens (tertiary/aromatic N) is 4. The van der Waals surface area contributed by atoms with Crippen molar-refractivity contribution in [3.05, 3.63) is 65.7 Å². The van der Waals surface area contributed by atoms with E-state index >= 15 is 0 Å². The number of amides is 2. The third-order valence-corrected chi connectivity index (χ3v) is 6.00. The van der Waals surface area contributed by atoms with Gasteiger partial charge in [-0.2, -0.15) is 0 Å². The molecule has 1 fully saturated rings. The normalized spacial score (nSPS) is 16.5. The van der Waals surface area contributed by atoms with Crippen LogP contribution in [0.25, 0.3) is 11.4 Å². The molecule has 0 aliphatic carbocycles. The van der Waals surface area contributed by atoms with Gasteiger partial charge in [0.2, 0.25) is 0 Å². The van der Waals surface area contributed by atoms with Crippen LogP contribution in [0.2, 0.25) is 0 Å². The number of piperidine rings is 1. The quantitative estimate of drug-likeness (QED) is 0.680. The van der Waals surface area contributed by atoms with Gasteiger partial charge in [-0.25, -0.2) is 9.78 Å². The monoisotopic (exact) mass is 403 g/mol. The number of carbonyl (C=O) groups is 1. The summed E-state index contributed by atoms with van der Waals surface area (Å²) in [6.07, 6.45) is 7.64. The lowest BCUT2D eigenvalue weighted by Crippen LogP contribution is -2.43. The first-order valence-corrected chi connectivity index (χ1v) is 10.6. The molecule has 1 aliphatic heterocycles. The second-order valence-corrected chi connectivity index (χ2v) is 8.25. The highest BCUT2D eigenvalue weighted by atomic mass is 16.2. The lowest BCUT2D eigenvalue weighted by atomic mass is 9.98. The van der Waals surface area contributed by atoms with Gasteiger partial charge in [-0.3, -0.25) is 4.98 Å². The van der Waals surface area contributed by atoms with Gasteiger partial charge in [0.15, 0.2) is 0 Å². The summed E-state index contributed by atoms with van der Waals surface area (Å²) in [5.74, 6) is 1.37. The molecule has 0 saturated carbocycles. The number of anilines is 1. The van der Waals surface area contributed by atoms with Crippen LogP contribution in [0.3, 0.4) is 0 Å². The van der Waals surface area contributed by atoms with Crippen LogP contribution in [-0.4, -0.2) is 38.6 Å². The summed E-state index contributed by atoms with van der Waals surface area (Å²) in [5.41, 5.74) is 5.47. The molecule has 6 nitrogen and oxygen atoms in total. The Morgan fingerprint density at radius 3 is 2.70 bits per heavy atom. The van der Waals surface area contributed by atoms with Crippen molar-refractivity contribution in [2.75, 3.05) is 18.4 Å². The van der Waals surface area contributed by atoms with Crippen LogP contribution in [0.4, 0.5) is 10.5 Å². The molecule has 2 aromatic heterocycles. The Morgan fingerprint density at radius 1 is 1.13 bits per heavy atom. The minimum absolute atomic E-state index is 0.0142. The van der Waals surface area contributed by atoms with Crippen molar-refractivity contribution in [1.29, 1.82) is 0 Å². The van der Waals surface area contributed by atoms with Crippen molar-refractivity contribution in [2.24, 2.45) is 5.92 Å². The average Bonchev–Trinajstić information content (AvgIpc) is 3.12. The standard InChI is InChI=1S/C24H29N5O/c1-17-6-7-22(13-18(17)2)27-24(30)28-12-4-5-20(15-28)16-29-19(3)14-26-23(29)21-8-10-25-11-9-21/h6-11,13-14,20H,4-5,12,15-16H2,1-3H3,(H,27,30). The van der Waals surface area contributed by atoms with Crippen molar-refractivity contribution >= 4 is 11.7 Å². The molecule has 3 aromatic rings. The maximum Gasteiger partial charge on any atom is 0.321 e. The Hall–Kier alpha value is -3.15. The number of imidazole rings is 1. The van der Waals surface area contributed by atoms with Crippen LogP contribution in [0.5, 0.6) is 0 Å². The molecule has 6 heteroatoms. The van der Waals surface area contributed by atoms with Crippen LogP contribution in [0.15, 0.2) is 48.9 Å². The van der Waals surface area contributed by atoms with E-state index in [-0.39, 0.29) is 6.03 Å². The Kier molecular flexibility index (Phi) is 5.84. The molecule has 1 aliphatic rings. The highest BCUT2D eigenvalue weighted by Crippen LogP contribution is 2.25.